The SMILES string of the molecule is CN(CCNC(N)=NCC1CCC1)C1CCCC1. The molecule has 2 aliphatic carbocycles. The van der Waals surface area contributed by atoms with Crippen molar-refractivity contribution in [2.24, 2.45) is 16.6 Å². The highest BCUT2D eigenvalue weighted by Crippen LogP contribution is 2.26. The Balaban J connectivity index is 1.55. The van der Waals surface area contributed by atoms with Gasteiger partial charge in [0.15, 0.2) is 5.96 Å². The number of rotatable bonds is 6. The maximum absolute atomic E-state index is 5.86. The van der Waals surface area contributed by atoms with Crippen LogP contribution in [-0.4, -0.2) is 43.6 Å². The van der Waals surface area contributed by atoms with E-state index in [4.69, 9.17) is 5.73 Å². The Kier molecular flexibility index (Phi) is 5.29. The van der Waals surface area contributed by atoms with Gasteiger partial charge < -0.3 is 16.0 Å². The molecule has 0 heterocycles. The average molecular weight is 252 g/mol. The van der Waals surface area contributed by atoms with Gasteiger partial charge in [-0.25, -0.2) is 0 Å². The second-order valence-electron chi connectivity index (χ2n) is 5.87. The molecule has 0 aromatic heterocycles. The van der Waals surface area contributed by atoms with Crippen molar-refractivity contribution in [1.29, 1.82) is 0 Å². The van der Waals surface area contributed by atoms with E-state index in [0.29, 0.717) is 5.96 Å². The summed E-state index contributed by atoms with van der Waals surface area (Å²) in [5.74, 6) is 1.42. The molecule has 0 amide bonds. The first kappa shape index (κ1) is 13.7. The molecule has 2 aliphatic rings. The number of hydrogen-bond donors (Lipinski definition) is 2. The van der Waals surface area contributed by atoms with Crippen LogP contribution in [-0.2, 0) is 0 Å². The van der Waals surface area contributed by atoms with Crippen LogP contribution in [0, 0.1) is 5.92 Å². The predicted molar refractivity (Wildman–Crippen MR) is 76.7 cm³/mol. The molecule has 0 saturated heterocycles. The summed E-state index contributed by atoms with van der Waals surface area (Å²) in [4.78, 5) is 6.86. The lowest BCUT2D eigenvalue weighted by molar-refractivity contribution is 0.249. The molecule has 0 radical (unpaired) electrons. The molecule has 4 heteroatoms. The second-order valence-corrected chi connectivity index (χ2v) is 5.87. The van der Waals surface area contributed by atoms with Crippen molar-refractivity contribution < 1.29 is 0 Å². The summed E-state index contributed by atoms with van der Waals surface area (Å²) in [6, 6.07) is 0.792. The third kappa shape index (κ3) is 4.16. The summed E-state index contributed by atoms with van der Waals surface area (Å²) in [5.41, 5.74) is 5.86. The topological polar surface area (TPSA) is 53.6 Å². The summed E-state index contributed by atoms with van der Waals surface area (Å²) >= 11 is 0. The van der Waals surface area contributed by atoms with Crippen molar-refractivity contribution in [1.82, 2.24) is 10.2 Å². The van der Waals surface area contributed by atoms with Gasteiger partial charge in [0.1, 0.15) is 0 Å². The Bertz CT molecular complexity index is 267. The monoisotopic (exact) mass is 252 g/mol. The quantitative estimate of drug-likeness (QED) is 0.557. The average Bonchev–Trinajstić information content (AvgIpc) is 2.80. The van der Waals surface area contributed by atoms with Crippen LogP contribution in [0.2, 0.25) is 0 Å². The fourth-order valence-electron chi connectivity index (χ4n) is 2.85. The molecule has 2 rings (SSSR count). The van der Waals surface area contributed by atoms with Gasteiger partial charge in [0.25, 0.3) is 0 Å². The van der Waals surface area contributed by atoms with E-state index in [-0.39, 0.29) is 0 Å². The zero-order valence-corrected chi connectivity index (χ0v) is 11.7. The van der Waals surface area contributed by atoms with Crippen LogP contribution >= 0.6 is 0 Å². The van der Waals surface area contributed by atoms with Gasteiger partial charge in [0.2, 0.25) is 0 Å². The lowest BCUT2D eigenvalue weighted by Gasteiger charge is -2.24. The molecule has 0 aromatic carbocycles. The minimum Gasteiger partial charge on any atom is -0.370 e. The fourth-order valence-corrected chi connectivity index (χ4v) is 2.85. The molecular formula is C14H28N4. The lowest BCUT2D eigenvalue weighted by Crippen LogP contribution is -2.40. The zero-order chi connectivity index (χ0) is 12.8. The Hall–Kier alpha value is -0.770. The normalized spacial score (nSPS) is 22.4. The number of aliphatic imine (C=N–C) groups is 1. The first-order chi connectivity index (χ1) is 8.75. The molecule has 18 heavy (non-hydrogen) atoms. The maximum atomic E-state index is 5.86. The van der Waals surface area contributed by atoms with E-state index in [1.807, 2.05) is 0 Å². The van der Waals surface area contributed by atoms with Crippen LogP contribution in [0.1, 0.15) is 44.9 Å². The molecule has 104 valence electrons. The van der Waals surface area contributed by atoms with Gasteiger partial charge in [0, 0.05) is 25.7 Å². The van der Waals surface area contributed by atoms with Gasteiger partial charge in [-0.2, -0.15) is 0 Å². The minimum atomic E-state index is 0.627. The van der Waals surface area contributed by atoms with Gasteiger partial charge in [0.05, 0.1) is 0 Å². The van der Waals surface area contributed by atoms with Crippen molar-refractivity contribution >= 4 is 5.96 Å². The smallest absolute Gasteiger partial charge is 0.188 e. The van der Waals surface area contributed by atoms with E-state index < -0.39 is 0 Å². The molecule has 2 fully saturated rings. The Morgan fingerprint density at radius 1 is 1.22 bits per heavy atom. The molecule has 0 bridgehead atoms. The highest BCUT2D eigenvalue weighted by Gasteiger charge is 2.19. The van der Waals surface area contributed by atoms with Crippen LogP contribution in [0.15, 0.2) is 4.99 Å². The lowest BCUT2D eigenvalue weighted by atomic mass is 9.86. The van der Waals surface area contributed by atoms with Gasteiger partial charge in [-0.05, 0) is 38.6 Å². The third-order valence-electron chi connectivity index (χ3n) is 4.46. The van der Waals surface area contributed by atoms with Crippen molar-refractivity contribution in [3.63, 3.8) is 0 Å². The van der Waals surface area contributed by atoms with Crippen molar-refractivity contribution in [2.75, 3.05) is 26.7 Å². The first-order valence-electron chi connectivity index (χ1n) is 7.49. The summed E-state index contributed by atoms with van der Waals surface area (Å²) in [7, 11) is 2.22. The summed E-state index contributed by atoms with van der Waals surface area (Å²) in [6.45, 7) is 2.88. The number of nitrogens with zero attached hydrogens (tertiary/aromatic N) is 2. The second kappa shape index (κ2) is 6.98. The Morgan fingerprint density at radius 3 is 2.56 bits per heavy atom. The number of nitrogens with one attached hydrogen (secondary N) is 1. The number of hydrogen-bond acceptors (Lipinski definition) is 2. The highest BCUT2D eigenvalue weighted by molar-refractivity contribution is 5.77. The predicted octanol–water partition coefficient (Wildman–Crippen LogP) is 1.57. The Labute approximate surface area is 111 Å². The van der Waals surface area contributed by atoms with Gasteiger partial charge in [-0.15, -0.1) is 0 Å². The summed E-state index contributed by atoms with van der Waals surface area (Å²) in [5, 5.41) is 3.23. The van der Waals surface area contributed by atoms with Gasteiger partial charge in [-0.3, -0.25) is 4.99 Å². The summed E-state index contributed by atoms with van der Waals surface area (Å²) < 4.78 is 0. The first-order valence-corrected chi connectivity index (χ1v) is 7.49. The molecule has 0 spiro atoms. The zero-order valence-electron chi connectivity index (χ0n) is 11.7. The number of likely N-dealkylation sites (N-methyl/N-ethyl adjacent to an activating group) is 1. The molecule has 0 unspecified atom stereocenters. The van der Waals surface area contributed by atoms with Crippen LogP contribution in [0.3, 0.4) is 0 Å². The largest absolute Gasteiger partial charge is 0.370 e. The van der Waals surface area contributed by atoms with Gasteiger partial charge in [-0.1, -0.05) is 19.3 Å². The van der Waals surface area contributed by atoms with Crippen molar-refractivity contribution in [3.05, 3.63) is 0 Å². The highest BCUT2D eigenvalue weighted by atomic mass is 15.2. The van der Waals surface area contributed by atoms with E-state index >= 15 is 0 Å². The van der Waals surface area contributed by atoms with E-state index in [0.717, 1.165) is 31.6 Å². The molecular weight excluding hydrogens is 224 g/mol. The molecule has 0 atom stereocenters. The van der Waals surface area contributed by atoms with Crippen molar-refractivity contribution in [3.8, 4) is 0 Å². The minimum absolute atomic E-state index is 0.627. The van der Waals surface area contributed by atoms with Crippen LogP contribution in [0.25, 0.3) is 0 Å². The van der Waals surface area contributed by atoms with Crippen molar-refractivity contribution in [2.45, 2.75) is 51.0 Å². The Morgan fingerprint density at radius 2 is 1.94 bits per heavy atom. The number of guanidine groups is 1. The van der Waals surface area contributed by atoms with E-state index in [1.165, 1.54) is 44.9 Å². The van der Waals surface area contributed by atoms with Crippen LogP contribution < -0.4 is 11.1 Å². The molecule has 3 N–H and O–H groups in total. The van der Waals surface area contributed by atoms with Crippen LogP contribution in [0.4, 0.5) is 0 Å². The molecule has 2 saturated carbocycles. The molecule has 0 aromatic rings. The fraction of sp³-hybridized carbons (Fsp3) is 0.929. The molecule has 4 nitrogen and oxygen atoms in total. The van der Waals surface area contributed by atoms with E-state index in [1.54, 1.807) is 0 Å². The number of nitrogens with two attached hydrogens (primary N) is 1. The van der Waals surface area contributed by atoms with E-state index in [9.17, 15) is 0 Å². The van der Waals surface area contributed by atoms with E-state index in [2.05, 4.69) is 22.3 Å². The third-order valence-corrected chi connectivity index (χ3v) is 4.46. The van der Waals surface area contributed by atoms with Gasteiger partial charge >= 0.3 is 0 Å². The molecule has 0 aliphatic heterocycles. The summed E-state index contributed by atoms with van der Waals surface area (Å²) in [6.07, 6.45) is 9.56. The maximum Gasteiger partial charge on any atom is 0.188 e. The standard InChI is InChI=1S/C14H28N4/c1-18(13-7-2-3-8-13)10-9-16-14(15)17-11-12-5-4-6-12/h12-13H,2-11H2,1H3,(H3,15,16,17). The van der Waals surface area contributed by atoms with Crippen LogP contribution in [0.5, 0.6) is 0 Å².